The fraction of sp³-hybridized carbons (Fsp3) is 0.500. The summed E-state index contributed by atoms with van der Waals surface area (Å²) in [6, 6.07) is 10.1. The van der Waals surface area contributed by atoms with Crippen LogP contribution in [0.1, 0.15) is 37.0 Å². The van der Waals surface area contributed by atoms with Gasteiger partial charge in [-0.25, -0.2) is 0 Å². The summed E-state index contributed by atoms with van der Waals surface area (Å²) in [7, 11) is 0. The number of carbonyl (C=O) groups is 1. The first-order chi connectivity index (χ1) is 11.7. The minimum Gasteiger partial charge on any atom is -0.466 e. The highest BCUT2D eigenvalue weighted by atomic mass is 16.5. The first kappa shape index (κ1) is 16.6. The number of ether oxygens (including phenoxy) is 1. The molecule has 2 aromatic rings. The summed E-state index contributed by atoms with van der Waals surface area (Å²) < 4.78 is 10.5. The largest absolute Gasteiger partial charge is 0.466 e. The molecule has 0 bridgehead atoms. The number of hydrogen-bond donors (Lipinski definition) is 0. The second-order valence-electron chi connectivity index (χ2n) is 6.09. The van der Waals surface area contributed by atoms with E-state index in [4.69, 9.17) is 9.26 Å². The molecule has 1 aliphatic heterocycles. The third-order valence-electron chi connectivity index (χ3n) is 4.20. The average Bonchev–Trinajstić information content (AvgIpc) is 3.03. The van der Waals surface area contributed by atoms with Crippen molar-refractivity contribution in [2.75, 3.05) is 19.7 Å². The van der Waals surface area contributed by atoms with E-state index in [9.17, 15) is 4.79 Å². The number of benzene rings is 1. The lowest BCUT2D eigenvalue weighted by Gasteiger charge is -2.30. The van der Waals surface area contributed by atoms with Gasteiger partial charge >= 0.3 is 5.97 Å². The Bertz CT molecular complexity index is 657. The molecule has 2 heterocycles. The maximum atomic E-state index is 11.9. The second-order valence-corrected chi connectivity index (χ2v) is 6.09. The van der Waals surface area contributed by atoms with Crippen molar-refractivity contribution in [3.05, 3.63) is 47.6 Å². The Hall–Kier alpha value is -2.21. The molecule has 1 saturated heterocycles. The third-order valence-corrected chi connectivity index (χ3v) is 4.20. The Morgan fingerprint density at radius 1 is 1.38 bits per heavy atom. The van der Waals surface area contributed by atoms with E-state index in [1.54, 1.807) is 0 Å². The molecule has 0 saturated carbocycles. The van der Waals surface area contributed by atoms with E-state index in [-0.39, 0.29) is 11.9 Å². The molecule has 3 rings (SSSR count). The van der Waals surface area contributed by atoms with E-state index < -0.39 is 0 Å². The number of esters is 1. The Morgan fingerprint density at radius 3 is 3.00 bits per heavy atom. The fourth-order valence-corrected chi connectivity index (χ4v) is 3.05. The molecule has 6 nitrogen and oxygen atoms in total. The monoisotopic (exact) mass is 329 g/mol. The Balaban J connectivity index is 1.55. The standard InChI is InChI=1S/C18H23N3O3/c1-2-23-18(22)15-9-6-10-21(12-15)13-17-19-16(20-24-17)11-14-7-4-3-5-8-14/h3-5,7-8,15H,2,6,9-13H2,1H3. The van der Waals surface area contributed by atoms with Crippen LogP contribution in [0, 0.1) is 5.92 Å². The molecule has 1 aromatic heterocycles. The van der Waals surface area contributed by atoms with Gasteiger partial charge in [-0.15, -0.1) is 0 Å². The van der Waals surface area contributed by atoms with Gasteiger partial charge in [0.15, 0.2) is 5.82 Å². The molecule has 1 aromatic carbocycles. The smallest absolute Gasteiger partial charge is 0.310 e. The highest BCUT2D eigenvalue weighted by molar-refractivity contribution is 5.72. The number of rotatable bonds is 6. The highest BCUT2D eigenvalue weighted by Gasteiger charge is 2.27. The minimum absolute atomic E-state index is 0.0505. The Labute approximate surface area is 141 Å². The Morgan fingerprint density at radius 2 is 2.21 bits per heavy atom. The number of likely N-dealkylation sites (tertiary alicyclic amines) is 1. The van der Waals surface area contributed by atoms with Gasteiger partial charge < -0.3 is 9.26 Å². The van der Waals surface area contributed by atoms with Crippen LogP contribution in [0.25, 0.3) is 0 Å². The van der Waals surface area contributed by atoms with E-state index in [1.165, 1.54) is 0 Å². The molecule has 1 atom stereocenters. The lowest BCUT2D eigenvalue weighted by Crippen LogP contribution is -2.39. The van der Waals surface area contributed by atoms with Crippen molar-refractivity contribution >= 4 is 5.97 Å². The van der Waals surface area contributed by atoms with Crippen LogP contribution in [0.2, 0.25) is 0 Å². The Kier molecular flexibility index (Phi) is 5.59. The second kappa shape index (κ2) is 8.06. The topological polar surface area (TPSA) is 68.5 Å². The maximum absolute atomic E-state index is 11.9. The summed E-state index contributed by atoms with van der Waals surface area (Å²) in [4.78, 5) is 18.6. The summed E-state index contributed by atoms with van der Waals surface area (Å²) in [5, 5.41) is 4.06. The number of carbonyl (C=O) groups excluding carboxylic acids is 1. The summed E-state index contributed by atoms with van der Waals surface area (Å²) in [5.74, 6) is 1.14. The van der Waals surface area contributed by atoms with Crippen LogP contribution >= 0.6 is 0 Å². The van der Waals surface area contributed by atoms with Crippen molar-refractivity contribution in [3.63, 3.8) is 0 Å². The van der Waals surface area contributed by atoms with Crippen LogP contribution in [-0.4, -0.2) is 40.7 Å². The van der Waals surface area contributed by atoms with Gasteiger partial charge in [-0.05, 0) is 31.9 Å². The first-order valence-corrected chi connectivity index (χ1v) is 8.49. The van der Waals surface area contributed by atoms with Crippen LogP contribution < -0.4 is 0 Å². The number of nitrogens with zero attached hydrogens (tertiary/aromatic N) is 3. The van der Waals surface area contributed by atoms with Gasteiger partial charge in [0.1, 0.15) is 0 Å². The van der Waals surface area contributed by atoms with E-state index in [2.05, 4.69) is 15.0 Å². The molecular weight excluding hydrogens is 306 g/mol. The zero-order chi connectivity index (χ0) is 16.8. The van der Waals surface area contributed by atoms with Crippen molar-refractivity contribution in [1.29, 1.82) is 0 Å². The normalized spacial score (nSPS) is 18.5. The molecule has 1 fully saturated rings. The molecule has 6 heteroatoms. The zero-order valence-corrected chi connectivity index (χ0v) is 14.0. The third kappa shape index (κ3) is 4.41. The summed E-state index contributed by atoms with van der Waals surface area (Å²) in [6.45, 7) is 4.48. The molecule has 0 aliphatic carbocycles. The molecule has 0 amide bonds. The highest BCUT2D eigenvalue weighted by Crippen LogP contribution is 2.19. The lowest BCUT2D eigenvalue weighted by atomic mass is 9.98. The molecule has 1 unspecified atom stereocenters. The minimum atomic E-state index is -0.0995. The SMILES string of the molecule is CCOC(=O)C1CCCN(Cc2nc(Cc3ccccc3)no2)C1. The fourth-order valence-electron chi connectivity index (χ4n) is 3.05. The lowest BCUT2D eigenvalue weighted by molar-refractivity contribution is -0.150. The zero-order valence-electron chi connectivity index (χ0n) is 14.0. The molecule has 0 N–H and O–H groups in total. The molecule has 128 valence electrons. The van der Waals surface area contributed by atoms with Crippen molar-refractivity contribution in [1.82, 2.24) is 15.0 Å². The van der Waals surface area contributed by atoms with Crippen molar-refractivity contribution in [3.8, 4) is 0 Å². The molecular formula is C18H23N3O3. The van der Waals surface area contributed by atoms with Gasteiger partial charge in [0.2, 0.25) is 5.89 Å². The van der Waals surface area contributed by atoms with Gasteiger partial charge in [0.05, 0.1) is 19.1 Å². The summed E-state index contributed by atoms with van der Waals surface area (Å²) in [5.41, 5.74) is 1.16. The number of hydrogen-bond acceptors (Lipinski definition) is 6. The van der Waals surface area contributed by atoms with Gasteiger partial charge in [-0.2, -0.15) is 4.98 Å². The van der Waals surface area contributed by atoms with Crippen molar-refractivity contribution in [2.45, 2.75) is 32.7 Å². The van der Waals surface area contributed by atoms with E-state index in [1.807, 2.05) is 37.3 Å². The van der Waals surface area contributed by atoms with Crippen LogP contribution in [0.5, 0.6) is 0 Å². The molecule has 24 heavy (non-hydrogen) atoms. The first-order valence-electron chi connectivity index (χ1n) is 8.49. The predicted octanol–water partition coefficient (Wildman–Crippen LogP) is 2.44. The van der Waals surface area contributed by atoms with Crippen LogP contribution in [-0.2, 0) is 22.5 Å². The summed E-state index contributed by atoms with van der Waals surface area (Å²) in [6.07, 6.45) is 2.53. The number of aromatic nitrogens is 2. The molecule has 0 spiro atoms. The van der Waals surface area contributed by atoms with Crippen LogP contribution in [0.15, 0.2) is 34.9 Å². The van der Waals surface area contributed by atoms with Crippen LogP contribution in [0.3, 0.4) is 0 Å². The van der Waals surface area contributed by atoms with Crippen molar-refractivity contribution < 1.29 is 14.1 Å². The van der Waals surface area contributed by atoms with E-state index in [0.29, 0.717) is 37.8 Å². The van der Waals surface area contributed by atoms with Gasteiger partial charge in [-0.1, -0.05) is 35.5 Å². The molecule has 1 aliphatic rings. The maximum Gasteiger partial charge on any atom is 0.310 e. The van der Waals surface area contributed by atoms with Gasteiger partial charge in [0, 0.05) is 13.0 Å². The van der Waals surface area contributed by atoms with Crippen molar-refractivity contribution in [2.24, 2.45) is 5.92 Å². The van der Waals surface area contributed by atoms with Crippen LogP contribution in [0.4, 0.5) is 0 Å². The van der Waals surface area contributed by atoms with Gasteiger partial charge in [-0.3, -0.25) is 9.69 Å². The van der Waals surface area contributed by atoms with E-state index >= 15 is 0 Å². The molecule has 0 radical (unpaired) electrons. The van der Waals surface area contributed by atoms with E-state index in [0.717, 1.165) is 24.9 Å². The number of piperidine rings is 1. The summed E-state index contributed by atoms with van der Waals surface area (Å²) >= 11 is 0. The predicted molar refractivity (Wildman–Crippen MR) is 88.2 cm³/mol. The average molecular weight is 329 g/mol. The quantitative estimate of drug-likeness (QED) is 0.758. The van der Waals surface area contributed by atoms with Gasteiger partial charge in [0.25, 0.3) is 0 Å².